The minimum atomic E-state index is 0.787. The lowest BCUT2D eigenvalue weighted by Crippen LogP contribution is -2.19. The largest absolute Gasteiger partial charge is 0.497 e. The van der Waals surface area contributed by atoms with E-state index in [9.17, 15) is 0 Å². The third-order valence-electron chi connectivity index (χ3n) is 3.62. The summed E-state index contributed by atoms with van der Waals surface area (Å²) < 4.78 is 5.17. The summed E-state index contributed by atoms with van der Waals surface area (Å²) in [4.78, 5) is 11.3. The van der Waals surface area contributed by atoms with Crippen molar-refractivity contribution in [2.45, 2.75) is 19.8 Å². The minimum Gasteiger partial charge on any atom is -0.497 e. The highest BCUT2D eigenvalue weighted by Crippen LogP contribution is 2.23. The Morgan fingerprint density at radius 1 is 1.10 bits per heavy atom. The minimum absolute atomic E-state index is 0.787. The van der Waals surface area contributed by atoms with Crippen molar-refractivity contribution in [3.05, 3.63) is 36.2 Å². The van der Waals surface area contributed by atoms with Gasteiger partial charge in [0.25, 0.3) is 0 Å². The maximum atomic E-state index is 5.17. The van der Waals surface area contributed by atoms with Crippen molar-refractivity contribution in [1.82, 2.24) is 9.97 Å². The van der Waals surface area contributed by atoms with Crippen LogP contribution in [0.5, 0.6) is 5.75 Å². The van der Waals surface area contributed by atoms with E-state index in [1.54, 1.807) is 7.11 Å². The predicted molar refractivity (Wildman–Crippen MR) is 84.5 cm³/mol. The molecule has 0 atom stereocenters. The third kappa shape index (κ3) is 3.24. The molecule has 1 N–H and O–H groups in total. The van der Waals surface area contributed by atoms with Crippen molar-refractivity contribution in [3.63, 3.8) is 0 Å². The van der Waals surface area contributed by atoms with Gasteiger partial charge in [-0.25, -0.2) is 9.97 Å². The third-order valence-corrected chi connectivity index (χ3v) is 3.62. The number of nitrogens with zero attached hydrogens (tertiary/aromatic N) is 3. The van der Waals surface area contributed by atoms with E-state index in [0.29, 0.717) is 0 Å². The van der Waals surface area contributed by atoms with Crippen LogP contribution >= 0.6 is 0 Å². The van der Waals surface area contributed by atoms with E-state index >= 15 is 0 Å². The molecule has 1 aliphatic heterocycles. The molecule has 0 unspecified atom stereocenters. The van der Waals surface area contributed by atoms with Gasteiger partial charge >= 0.3 is 0 Å². The molecule has 110 valence electrons. The highest BCUT2D eigenvalue weighted by atomic mass is 16.5. The van der Waals surface area contributed by atoms with E-state index in [-0.39, 0.29) is 0 Å². The number of methoxy groups -OCH3 is 1. The van der Waals surface area contributed by atoms with Gasteiger partial charge in [-0.15, -0.1) is 0 Å². The lowest BCUT2D eigenvalue weighted by molar-refractivity contribution is 0.415. The molecule has 0 aliphatic carbocycles. The number of hydrogen-bond acceptors (Lipinski definition) is 5. The fraction of sp³-hybridized carbons (Fsp3) is 0.375. The quantitative estimate of drug-likeness (QED) is 0.934. The molecule has 5 nitrogen and oxygen atoms in total. The second-order valence-corrected chi connectivity index (χ2v) is 5.21. The molecule has 0 radical (unpaired) electrons. The zero-order valence-corrected chi connectivity index (χ0v) is 12.5. The van der Waals surface area contributed by atoms with Crippen molar-refractivity contribution in [3.8, 4) is 5.75 Å². The Labute approximate surface area is 125 Å². The first kappa shape index (κ1) is 13.7. The van der Waals surface area contributed by atoms with Crippen LogP contribution in [0.1, 0.15) is 18.7 Å². The molecule has 1 aromatic carbocycles. The Bertz CT molecular complexity index is 606. The Morgan fingerprint density at radius 2 is 1.81 bits per heavy atom. The van der Waals surface area contributed by atoms with Crippen molar-refractivity contribution < 1.29 is 4.74 Å². The van der Waals surface area contributed by atoms with Gasteiger partial charge in [0.2, 0.25) is 0 Å². The molecule has 0 spiro atoms. The second kappa shape index (κ2) is 5.99. The van der Waals surface area contributed by atoms with Gasteiger partial charge < -0.3 is 15.0 Å². The van der Waals surface area contributed by atoms with E-state index in [4.69, 9.17) is 4.74 Å². The molecular formula is C16H20N4O. The number of anilines is 3. The molecule has 0 saturated carbocycles. The summed E-state index contributed by atoms with van der Waals surface area (Å²) in [5.41, 5.74) is 0.987. The van der Waals surface area contributed by atoms with Crippen LogP contribution in [0.15, 0.2) is 30.3 Å². The highest BCUT2D eigenvalue weighted by Gasteiger charge is 2.15. The van der Waals surface area contributed by atoms with E-state index in [0.717, 1.165) is 42.0 Å². The summed E-state index contributed by atoms with van der Waals surface area (Å²) in [6.45, 7) is 4.09. The van der Waals surface area contributed by atoms with Crippen LogP contribution in [-0.4, -0.2) is 30.2 Å². The summed E-state index contributed by atoms with van der Waals surface area (Å²) in [5, 5.41) is 3.33. The molecule has 5 heteroatoms. The van der Waals surface area contributed by atoms with Gasteiger partial charge in [-0.05, 0) is 44.0 Å². The molecule has 21 heavy (non-hydrogen) atoms. The monoisotopic (exact) mass is 284 g/mol. The standard InChI is InChI=1S/C16H20N4O/c1-12-17-15(11-16(18-12)20-9-3-4-10-20)19-13-5-7-14(21-2)8-6-13/h5-8,11H,3-4,9-10H2,1-2H3,(H,17,18,19). The van der Waals surface area contributed by atoms with E-state index < -0.39 is 0 Å². The topological polar surface area (TPSA) is 50.3 Å². The lowest BCUT2D eigenvalue weighted by atomic mass is 10.3. The van der Waals surface area contributed by atoms with E-state index in [2.05, 4.69) is 20.2 Å². The summed E-state index contributed by atoms with van der Waals surface area (Å²) in [5.74, 6) is 3.47. The first-order valence-electron chi connectivity index (χ1n) is 7.26. The fourth-order valence-electron chi connectivity index (χ4n) is 2.55. The van der Waals surface area contributed by atoms with Crippen LogP contribution < -0.4 is 15.0 Å². The number of ether oxygens (including phenoxy) is 1. The van der Waals surface area contributed by atoms with Crippen molar-refractivity contribution in [2.24, 2.45) is 0 Å². The highest BCUT2D eigenvalue weighted by molar-refractivity contribution is 5.60. The lowest BCUT2D eigenvalue weighted by Gasteiger charge is -2.17. The van der Waals surface area contributed by atoms with Crippen molar-refractivity contribution >= 4 is 17.3 Å². The predicted octanol–water partition coefficient (Wildman–Crippen LogP) is 3.14. The first-order valence-corrected chi connectivity index (χ1v) is 7.26. The molecule has 1 aliphatic rings. The maximum Gasteiger partial charge on any atom is 0.136 e. The first-order chi connectivity index (χ1) is 10.2. The molecule has 0 bridgehead atoms. The number of aryl methyl sites for hydroxylation is 1. The zero-order valence-electron chi connectivity index (χ0n) is 12.5. The summed E-state index contributed by atoms with van der Waals surface area (Å²) in [7, 11) is 1.67. The SMILES string of the molecule is COc1ccc(Nc2cc(N3CCCC3)nc(C)n2)cc1. The Morgan fingerprint density at radius 3 is 2.48 bits per heavy atom. The maximum absolute atomic E-state index is 5.17. The second-order valence-electron chi connectivity index (χ2n) is 5.21. The van der Waals surface area contributed by atoms with Crippen LogP contribution in [0.25, 0.3) is 0 Å². The van der Waals surface area contributed by atoms with Gasteiger partial charge in [-0.1, -0.05) is 0 Å². The Balaban J connectivity index is 1.80. The molecular weight excluding hydrogens is 264 g/mol. The average molecular weight is 284 g/mol. The zero-order chi connectivity index (χ0) is 14.7. The molecule has 1 fully saturated rings. The van der Waals surface area contributed by atoms with Crippen LogP contribution in [0.3, 0.4) is 0 Å². The summed E-state index contributed by atoms with van der Waals surface area (Å²) in [6.07, 6.45) is 2.48. The van der Waals surface area contributed by atoms with Gasteiger partial charge in [-0.2, -0.15) is 0 Å². The van der Waals surface area contributed by atoms with Gasteiger partial charge in [0.05, 0.1) is 7.11 Å². The van der Waals surface area contributed by atoms with E-state index in [1.165, 1.54) is 12.8 Å². The molecule has 2 aromatic rings. The van der Waals surface area contributed by atoms with Crippen molar-refractivity contribution in [2.75, 3.05) is 30.4 Å². The van der Waals surface area contributed by atoms with Gasteiger partial charge in [-0.3, -0.25) is 0 Å². The molecule has 2 heterocycles. The average Bonchev–Trinajstić information content (AvgIpc) is 3.02. The fourth-order valence-corrected chi connectivity index (χ4v) is 2.55. The number of aromatic nitrogens is 2. The Hall–Kier alpha value is -2.30. The molecule has 1 saturated heterocycles. The number of benzene rings is 1. The summed E-state index contributed by atoms with van der Waals surface area (Å²) >= 11 is 0. The molecule has 0 amide bonds. The molecule has 1 aromatic heterocycles. The normalized spacial score (nSPS) is 14.3. The van der Waals surface area contributed by atoms with Crippen LogP contribution in [0, 0.1) is 6.92 Å². The summed E-state index contributed by atoms with van der Waals surface area (Å²) in [6, 6.07) is 9.83. The number of rotatable bonds is 4. The van der Waals surface area contributed by atoms with Gasteiger partial charge in [0.15, 0.2) is 0 Å². The number of nitrogens with one attached hydrogen (secondary N) is 1. The smallest absolute Gasteiger partial charge is 0.136 e. The van der Waals surface area contributed by atoms with Crippen LogP contribution in [-0.2, 0) is 0 Å². The van der Waals surface area contributed by atoms with E-state index in [1.807, 2.05) is 37.3 Å². The van der Waals surface area contributed by atoms with Crippen LogP contribution in [0.2, 0.25) is 0 Å². The van der Waals surface area contributed by atoms with Gasteiger partial charge in [0, 0.05) is 24.8 Å². The van der Waals surface area contributed by atoms with Crippen molar-refractivity contribution in [1.29, 1.82) is 0 Å². The molecule has 3 rings (SSSR count). The Kier molecular flexibility index (Phi) is 3.90. The number of hydrogen-bond donors (Lipinski definition) is 1. The van der Waals surface area contributed by atoms with Gasteiger partial charge in [0.1, 0.15) is 23.2 Å². The van der Waals surface area contributed by atoms with Crippen LogP contribution in [0.4, 0.5) is 17.3 Å².